The molecule has 0 aliphatic rings. The molecule has 0 aliphatic heterocycles. The molecule has 0 saturated heterocycles. The van der Waals surface area contributed by atoms with Crippen LogP contribution in [0, 0.1) is 13.8 Å². The number of hydrogen-bond donors (Lipinski definition) is 1. The van der Waals surface area contributed by atoms with Crippen molar-refractivity contribution in [2.24, 2.45) is 0 Å². The normalized spacial score (nSPS) is 11.7. The third-order valence-electron chi connectivity index (χ3n) is 6.56. The Morgan fingerprint density at radius 3 is 2.34 bits per heavy atom. The van der Waals surface area contributed by atoms with Crippen molar-refractivity contribution in [2.45, 2.75) is 20.4 Å². The van der Waals surface area contributed by atoms with Crippen molar-refractivity contribution in [1.29, 1.82) is 0 Å². The van der Waals surface area contributed by atoms with Gasteiger partial charge in [0.2, 0.25) is 0 Å². The maximum absolute atomic E-state index is 12.9. The predicted molar refractivity (Wildman–Crippen MR) is 157 cm³/mol. The first-order valence-electron chi connectivity index (χ1n) is 12.8. The van der Waals surface area contributed by atoms with Crippen LogP contribution in [0.2, 0.25) is 0 Å². The number of nitrogens with one attached hydrogen (secondary N) is 1. The largest absolute Gasteiger partial charge is 0.346 e. The van der Waals surface area contributed by atoms with Crippen LogP contribution in [0.3, 0.4) is 0 Å². The minimum absolute atomic E-state index is 0.165. The van der Waals surface area contributed by atoms with E-state index in [1.807, 2.05) is 62.4 Å². The van der Waals surface area contributed by atoms with E-state index in [2.05, 4.69) is 20.4 Å². The molecular formula is C30H25N7O3S. The first-order chi connectivity index (χ1) is 19.6. The molecule has 204 valence electrons. The molecule has 0 aliphatic carbocycles. The highest BCUT2D eigenvalue weighted by molar-refractivity contribution is 7.89. The second-order valence-corrected chi connectivity index (χ2v) is 11.6. The van der Waals surface area contributed by atoms with Crippen LogP contribution in [0.4, 0.5) is 0 Å². The van der Waals surface area contributed by atoms with Crippen molar-refractivity contribution in [3.8, 4) is 22.6 Å². The average Bonchev–Trinajstić information content (AvgIpc) is 3.39. The fourth-order valence-corrected chi connectivity index (χ4v) is 5.43. The lowest BCUT2D eigenvalue weighted by Crippen LogP contribution is -2.23. The van der Waals surface area contributed by atoms with Gasteiger partial charge in [-0.3, -0.25) is 14.8 Å². The summed E-state index contributed by atoms with van der Waals surface area (Å²) in [5.74, 6) is -0.362. The lowest BCUT2D eigenvalue weighted by molar-refractivity contribution is 0.0950. The van der Waals surface area contributed by atoms with E-state index in [4.69, 9.17) is 9.97 Å². The van der Waals surface area contributed by atoms with Gasteiger partial charge in [-0.25, -0.2) is 18.4 Å². The molecule has 11 heteroatoms. The zero-order valence-corrected chi connectivity index (χ0v) is 23.3. The molecule has 5 aromatic heterocycles. The fourth-order valence-electron chi connectivity index (χ4n) is 4.69. The lowest BCUT2D eigenvalue weighted by Gasteiger charge is -2.09. The number of rotatable bonds is 6. The molecule has 1 amide bonds. The zero-order valence-electron chi connectivity index (χ0n) is 22.5. The number of carbonyl (C=O) groups excluding carboxylic acids is 1. The summed E-state index contributed by atoms with van der Waals surface area (Å²) in [5, 5.41) is 8.25. The lowest BCUT2D eigenvalue weighted by atomic mass is 10.1. The summed E-state index contributed by atoms with van der Waals surface area (Å²) >= 11 is 0. The molecule has 41 heavy (non-hydrogen) atoms. The molecule has 10 nitrogen and oxygen atoms in total. The Balaban J connectivity index is 1.23. The number of nitrogens with zero attached hydrogens (tertiary/aromatic N) is 6. The van der Waals surface area contributed by atoms with Crippen LogP contribution in [0.5, 0.6) is 0 Å². The van der Waals surface area contributed by atoms with E-state index in [9.17, 15) is 13.2 Å². The zero-order chi connectivity index (χ0) is 28.7. The number of hydrogen-bond acceptors (Lipinski definition) is 8. The molecule has 0 radical (unpaired) electrons. The van der Waals surface area contributed by atoms with Crippen LogP contribution in [-0.4, -0.2) is 49.7 Å². The Bertz CT molecular complexity index is 2070. The first kappa shape index (κ1) is 26.2. The third-order valence-corrected chi connectivity index (χ3v) is 7.48. The molecular weight excluding hydrogens is 538 g/mol. The molecule has 0 spiro atoms. The van der Waals surface area contributed by atoms with Gasteiger partial charge in [-0.2, -0.15) is 9.19 Å². The Morgan fingerprint density at radius 1 is 0.829 bits per heavy atom. The number of fused-ring (bicyclic) bond motifs is 2. The van der Waals surface area contributed by atoms with Crippen molar-refractivity contribution in [2.75, 3.05) is 6.26 Å². The summed E-state index contributed by atoms with van der Waals surface area (Å²) in [7, 11) is -3.60. The Hall–Kier alpha value is -5.03. The maximum atomic E-state index is 12.9. The van der Waals surface area contributed by atoms with Crippen molar-refractivity contribution in [3.05, 3.63) is 102 Å². The van der Waals surface area contributed by atoms with Gasteiger partial charge in [-0.15, -0.1) is 0 Å². The summed E-state index contributed by atoms with van der Waals surface area (Å²) in [6.45, 7) is 4.09. The average molecular weight is 564 g/mol. The van der Waals surface area contributed by atoms with Gasteiger partial charge in [0.15, 0.2) is 0 Å². The van der Waals surface area contributed by atoms with Crippen molar-refractivity contribution < 1.29 is 13.2 Å². The van der Waals surface area contributed by atoms with Gasteiger partial charge in [0.25, 0.3) is 15.9 Å². The van der Waals surface area contributed by atoms with Crippen LogP contribution in [-0.2, 0) is 16.6 Å². The van der Waals surface area contributed by atoms with Crippen LogP contribution in [0.25, 0.3) is 44.5 Å². The number of aryl methyl sites for hydroxylation is 2. The van der Waals surface area contributed by atoms with Crippen LogP contribution in [0.15, 0.2) is 79.1 Å². The monoisotopic (exact) mass is 563 g/mol. The van der Waals surface area contributed by atoms with Crippen molar-refractivity contribution in [1.82, 2.24) is 34.4 Å². The molecule has 0 saturated carbocycles. The van der Waals surface area contributed by atoms with Gasteiger partial charge >= 0.3 is 0 Å². The highest BCUT2D eigenvalue weighted by Crippen LogP contribution is 2.24. The number of aromatic nitrogens is 6. The standard InChI is InChI=1S/C30H25N7O3S/c1-18-11-23(12-19(2)34-18)25-5-4-6-26(35-25)27-10-9-21-15-31-24(14-28(21)36-27)17-32-30(38)20-7-8-22-16-33-37(29(22)13-20)41(3,39)40/h4-16H,17H2,1-3H3,(H,32,38). The number of carbonyl (C=O) groups is 1. The minimum atomic E-state index is -3.60. The van der Waals surface area contributed by atoms with E-state index in [1.54, 1.807) is 18.3 Å². The van der Waals surface area contributed by atoms with E-state index in [-0.39, 0.29) is 12.5 Å². The number of benzene rings is 1. The van der Waals surface area contributed by atoms with Crippen LogP contribution < -0.4 is 5.32 Å². The quantitative estimate of drug-likeness (QED) is 0.314. The van der Waals surface area contributed by atoms with Gasteiger partial charge in [0.1, 0.15) is 0 Å². The topological polar surface area (TPSA) is 133 Å². The van der Waals surface area contributed by atoms with E-state index in [0.717, 1.165) is 55.3 Å². The fraction of sp³-hybridized carbons (Fsp3) is 0.133. The molecule has 6 aromatic rings. The molecule has 6 rings (SSSR count). The van der Waals surface area contributed by atoms with Crippen LogP contribution in [0.1, 0.15) is 27.4 Å². The maximum Gasteiger partial charge on any atom is 0.251 e. The molecule has 0 bridgehead atoms. The van der Waals surface area contributed by atoms with Crippen molar-refractivity contribution >= 4 is 37.7 Å². The Morgan fingerprint density at radius 2 is 1.56 bits per heavy atom. The SMILES string of the molecule is Cc1cc(-c2cccc(-c3ccc4cnc(CNC(=O)c5ccc6cnn(S(C)(=O)=O)c6c5)cc4n3)n2)cc(C)n1. The smallest absolute Gasteiger partial charge is 0.251 e. The first-order valence-corrected chi connectivity index (χ1v) is 14.6. The highest BCUT2D eigenvalue weighted by Gasteiger charge is 2.15. The van der Waals surface area contributed by atoms with Gasteiger partial charge in [-0.1, -0.05) is 12.1 Å². The van der Waals surface area contributed by atoms with E-state index < -0.39 is 10.0 Å². The van der Waals surface area contributed by atoms with Crippen molar-refractivity contribution in [3.63, 3.8) is 0 Å². The predicted octanol–water partition coefficient (Wildman–Crippen LogP) is 4.46. The summed E-state index contributed by atoms with van der Waals surface area (Å²) in [6.07, 6.45) is 4.23. The minimum Gasteiger partial charge on any atom is -0.346 e. The molecule has 0 atom stereocenters. The van der Waals surface area contributed by atoms with Gasteiger partial charge in [-0.05, 0) is 68.4 Å². The molecule has 5 heterocycles. The summed E-state index contributed by atoms with van der Waals surface area (Å²) in [5.41, 5.74) is 7.18. The molecule has 0 unspecified atom stereocenters. The van der Waals surface area contributed by atoms with Gasteiger partial charge in [0, 0.05) is 39.5 Å². The second kappa shape index (κ2) is 10.2. The summed E-state index contributed by atoms with van der Waals surface area (Å²) in [6, 6.07) is 20.4. The van der Waals surface area contributed by atoms with Gasteiger partial charge < -0.3 is 5.32 Å². The Labute approximate surface area is 236 Å². The summed E-state index contributed by atoms with van der Waals surface area (Å²) in [4.78, 5) is 31.5. The number of amides is 1. The van der Waals surface area contributed by atoms with E-state index in [1.165, 1.54) is 12.3 Å². The van der Waals surface area contributed by atoms with E-state index in [0.29, 0.717) is 22.2 Å². The van der Waals surface area contributed by atoms with Gasteiger partial charge in [0.05, 0.1) is 52.8 Å². The molecule has 1 aromatic carbocycles. The van der Waals surface area contributed by atoms with E-state index >= 15 is 0 Å². The molecule has 1 N–H and O–H groups in total. The van der Waals surface area contributed by atoms with Crippen LogP contribution >= 0.6 is 0 Å². The highest BCUT2D eigenvalue weighted by atomic mass is 32.2. The molecule has 0 fully saturated rings. The summed E-state index contributed by atoms with van der Waals surface area (Å²) < 4.78 is 24.9. The Kier molecular flexibility index (Phi) is 6.50. The second-order valence-electron chi connectivity index (χ2n) is 9.82. The number of pyridine rings is 4. The third kappa shape index (κ3) is 5.39.